The summed E-state index contributed by atoms with van der Waals surface area (Å²) < 4.78 is 41.2. The van der Waals surface area contributed by atoms with E-state index in [1.165, 1.54) is 18.2 Å². The van der Waals surface area contributed by atoms with Crippen LogP contribution in [0.5, 0.6) is 0 Å². The van der Waals surface area contributed by atoms with Crippen LogP contribution >= 0.6 is 15.9 Å². The van der Waals surface area contributed by atoms with Crippen molar-refractivity contribution < 1.29 is 13.2 Å². The van der Waals surface area contributed by atoms with Gasteiger partial charge >= 0.3 is 0 Å². The lowest BCUT2D eigenvalue weighted by atomic mass is 9.98. The summed E-state index contributed by atoms with van der Waals surface area (Å²) in [4.78, 5) is 0. The summed E-state index contributed by atoms with van der Waals surface area (Å²) in [6, 6.07) is 7.60. The van der Waals surface area contributed by atoms with E-state index in [1.807, 2.05) is 6.92 Å². The second-order valence-electron chi connectivity index (χ2n) is 4.75. The average molecular weight is 358 g/mol. The topological polar surface area (TPSA) is 12.0 Å². The molecule has 1 atom stereocenters. The standard InChI is InChI=1S/C16H15BrF3N/c1-2-21-16(11-5-12(17)9-14(19)7-11)8-10-6-13(18)3-4-15(10)20/h3-7,9,16,21H,2,8H2,1H3. The quantitative estimate of drug-likeness (QED) is 0.813. The zero-order chi connectivity index (χ0) is 15.4. The number of likely N-dealkylation sites (N-methyl/N-ethyl adjacent to an activating group) is 1. The Labute approximate surface area is 130 Å². The van der Waals surface area contributed by atoms with Crippen LogP contribution in [0.1, 0.15) is 24.1 Å². The number of halogens is 4. The van der Waals surface area contributed by atoms with Crippen molar-refractivity contribution in [2.75, 3.05) is 6.54 Å². The van der Waals surface area contributed by atoms with Crippen molar-refractivity contribution >= 4 is 15.9 Å². The third kappa shape index (κ3) is 4.32. The Bertz CT molecular complexity index is 611. The Morgan fingerprint density at radius 2 is 1.81 bits per heavy atom. The van der Waals surface area contributed by atoms with Crippen LogP contribution < -0.4 is 5.32 Å². The summed E-state index contributed by atoms with van der Waals surface area (Å²) in [6.07, 6.45) is 0.243. The van der Waals surface area contributed by atoms with Crippen molar-refractivity contribution in [3.05, 3.63) is 69.4 Å². The van der Waals surface area contributed by atoms with E-state index in [0.29, 0.717) is 16.6 Å². The highest BCUT2D eigenvalue weighted by atomic mass is 79.9. The molecule has 0 saturated carbocycles. The normalized spacial score (nSPS) is 12.4. The molecule has 0 heterocycles. The van der Waals surface area contributed by atoms with Crippen molar-refractivity contribution in [3.8, 4) is 0 Å². The minimum absolute atomic E-state index is 0.243. The lowest BCUT2D eigenvalue weighted by molar-refractivity contribution is 0.518. The highest BCUT2D eigenvalue weighted by Gasteiger charge is 2.15. The van der Waals surface area contributed by atoms with Gasteiger partial charge in [0.05, 0.1) is 0 Å². The molecule has 0 fully saturated rings. The molecule has 2 aromatic rings. The maximum Gasteiger partial charge on any atom is 0.126 e. The Morgan fingerprint density at radius 1 is 1.05 bits per heavy atom. The minimum Gasteiger partial charge on any atom is -0.310 e. The number of nitrogens with one attached hydrogen (secondary N) is 1. The fourth-order valence-electron chi connectivity index (χ4n) is 2.25. The molecule has 0 spiro atoms. The molecule has 0 aliphatic heterocycles. The van der Waals surface area contributed by atoms with E-state index >= 15 is 0 Å². The van der Waals surface area contributed by atoms with Crippen LogP contribution in [0.2, 0.25) is 0 Å². The molecule has 0 aliphatic rings. The Hall–Kier alpha value is -1.33. The summed E-state index contributed by atoms with van der Waals surface area (Å²) >= 11 is 3.24. The summed E-state index contributed by atoms with van der Waals surface area (Å²) in [7, 11) is 0. The summed E-state index contributed by atoms with van der Waals surface area (Å²) in [5.74, 6) is -1.32. The van der Waals surface area contributed by atoms with Crippen LogP contribution in [0.3, 0.4) is 0 Å². The molecule has 2 aromatic carbocycles. The number of hydrogen-bond donors (Lipinski definition) is 1. The van der Waals surface area contributed by atoms with Gasteiger partial charge in [-0.25, -0.2) is 13.2 Å². The molecule has 2 rings (SSSR count). The lowest BCUT2D eigenvalue weighted by Crippen LogP contribution is -2.23. The first-order valence-corrected chi connectivity index (χ1v) is 7.42. The Morgan fingerprint density at radius 3 is 2.48 bits per heavy atom. The summed E-state index contributed by atoms with van der Waals surface area (Å²) in [6.45, 7) is 2.54. The van der Waals surface area contributed by atoms with Gasteiger partial charge in [-0.3, -0.25) is 0 Å². The summed E-state index contributed by atoms with van der Waals surface area (Å²) in [5, 5.41) is 3.17. The summed E-state index contributed by atoms with van der Waals surface area (Å²) in [5.41, 5.74) is 0.953. The molecule has 0 aromatic heterocycles. The molecule has 0 amide bonds. The fraction of sp³-hybridized carbons (Fsp3) is 0.250. The number of rotatable bonds is 5. The molecule has 5 heteroatoms. The second kappa shape index (κ2) is 7.09. The largest absolute Gasteiger partial charge is 0.310 e. The molecule has 0 bridgehead atoms. The number of hydrogen-bond acceptors (Lipinski definition) is 1. The smallest absolute Gasteiger partial charge is 0.126 e. The van der Waals surface area contributed by atoms with E-state index in [9.17, 15) is 13.2 Å². The van der Waals surface area contributed by atoms with Gasteiger partial charge in [0.1, 0.15) is 17.5 Å². The molecule has 1 unspecified atom stereocenters. The highest BCUT2D eigenvalue weighted by Crippen LogP contribution is 2.24. The molecule has 0 aliphatic carbocycles. The minimum atomic E-state index is -0.484. The van der Waals surface area contributed by atoms with Gasteiger partial charge in [0.25, 0.3) is 0 Å². The van der Waals surface area contributed by atoms with Crippen molar-refractivity contribution in [1.82, 2.24) is 5.32 Å². The SMILES string of the molecule is CCNC(Cc1cc(F)ccc1F)c1cc(F)cc(Br)c1. The maximum atomic E-state index is 13.8. The van der Waals surface area contributed by atoms with Crippen LogP contribution in [0.15, 0.2) is 40.9 Å². The predicted octanol–water partition coefficient (Wildman–Crippen LogP) is 4.76. The lowest BCUT2D eigenvalue weighted by Gasteiger charge is -2.19. The van der Waals surface area contributed by atoms with Gasteiger partial charge in [-0.1, -0.05) is 22.9 Å². The molecule has 112 valence electrons. The molecule has 1 N–H and O–H groups in total. The predicted molar refractivity (Wildman–Crippen MR) is 80.6 cm³/mol. The first-order chi connectivity index (χ1) is 9.99. The average Bonchev–Trinajstić information content (AvgIpc) is 2.41. The molecular formula is C16H15BrF3N. The molecule has 0 saturated heterocycles. The van der Waals surface area contributed by atoms with Gasteiger partial charge in [-0.15, -0.1) is 0 Å². The second-order valence-corrected chi connectivity index (χ2v) is 5.67. The van der Waals surface area contributed by atoms with E-state index in [4.69, 9.17) is 0 Å². The van der Waals surface area contributed by atoms with Gasteiger partial charge < -0.3 is 5.32 Å². The van der Waals surface area contributed by atoms with Gasteiger partial charge in [-0.2, -0.15) is 0 Å². The van der Waals surface area contributed by atoms with Gasteiger partial charge in [0.15, 0.2) is 0 Å². The van der Waals surface area contributed by atoms with E-state index in [2.05, 4.69) is 21.2 Å². The van der Waals surface area contributed by atoms with Crippen molar-refractivity contribution in [3.63, 3.8) is 0 Å². The Balaban J connectivity index is 2.32. The highest BCUT2D eigenvalue weighted by molar-refractivity contribution is 9.10. The fourth-order valence-corrected chi connectivity index (χ4v) is 2.73. The molecule has 21 heavy (non-hydrogen) atoms. The van der Waals surface area contributed by atoms with Crippen molar-refractivity contribution in [2.45, 2.75) is 19.4 Å². The van der Waals surface area contributed by atoms with Crippen LogP contribution in [0.4, 0.5) is 13.2 Å². The molecule has 0 radical (unpaired) electrons. The van der Waals surface area contributed by atoms with E-state index in [0.717, 1.165) is 12.1 Å². The Kier molecular flexibility index (Phi) is 5.42. The van der Waals surface area contributed by atoms with Crippen LogP contribution in [0, 0.1) is 17.5 Å². The van der Waals surface area contributed by atoms with E-state index in [-0.39, 0.29) is 23.8 Å². The first-order valence-electron chi connectivity index (χ1n) is 6.63. The van der Waals surface area contributed by atoms with Crippen LogP contribution in [-0.2, 0) is 6.42 Å². The monoisotopic (exact) mass is 357 g/mol. The van der Waals surface area contributed by atoms with E-state index < -0.39 is 11.6 Å². The van der Waals surface area contributed by atoms with Gasteiger partial charge in [0, 0.05) is 10.5 Å². The maximum absolute atomic E-state index is 13.8. The van der Waals surface area contributed by atoms with E-state index in [1.54, 1.807) is 6.07 Å². The third-order valence-corrected chi connectivity index (χ3v) is 3.63. The zero-order valence-corrected chi connectivity index (χ0v) is 13.1. The van der Waals surface area contributed by atoms with Crippen LogP contribution in [-0.4, -0.2) is 6.54 Å². The molecular weight excluding hydrogens is 343 g/mol. The number of benzene rings is 2. The van der Waals surface area contributed by atoms with Crippen molar-refractivity contribution in [2.24, 2.45) is 0 Å². The third-order valence-electron chi connectivity index (χ3n) is 3.17. The zero-order valence-electron chi connectivity index (χ0n) is 11.5. The van der Waals surface area contributed by atoms with Gasteiger partial charge in [-0.05, 0) is 60.5 Å². The molecule has 1 nitrogen and oxygen atoms in total. The van der Waals surface area contributed by atoms with Crippen LogP contribution in [0.25, 0.3) is 0 Å². The van der Waals surface area contributed by atoms with Gasteiger partial charge in [0.2, 0.25) is 0 Å². The van der Waals surface area contributed by atoms with Crippen molar-refractivity contribution in [1.29, 1.82) is 0 Å². The first kappa shape index (κ1) is 16.0.